The molecule has 1 aliphatic carbocycles. The molecule has 0 spiro atoms. The Bertz CT molecular complexity index is 1520. The molecule has 3 heterocycles. The van der Waals surface area contributed by atoms with E-state index in [-0.39, 0.29) is 25.3 Å². The van der Waals surface area contributed by atoms with Gasteiger partial charge in [-0.25, -0.2) is 9.59 Å². The zero-order chi connectivity index (χ0) is 33.2. The van der Waals surface area contributed by atoms with Crippen LogP contribution in [-0.2, 0) is 19.1 Å². The SMILES string of the molecule is COc1ccc(-c2nnn([C@H]3C[C@H]4C(=O)N[C@@]5(C(=O)O)C[C@H]5/C=C\CCCCC[C@H](NC(=O)OC(C)(C)C)C(=O)N4C3)n2)cc1Br. The van der Waals surface area contributed by atoms with Crippen molar-refractivity contribution in [2.45, 2.75) is 95.0 Å². The van der Waals surface area contributed by atoms with Crippen molar-refractivity contribution in [3.63, 3.8) is 0 Å². The van der Waals surface area contributed by atoms with Gasteiger partial charge < -0.3 is 30.1 Å². The predicted molar refractivity (Wildman–Crippen MR) is 169 cm³/mol. The number of aromatic nitrogens is 4. The lowest BCUT2D eigenvalue weighted by Crippen LogP contribution is -2.56. The molecular formula is C31H40BrN7O7. The lowest BCUT2D eigenvalue weighted by atomic mass is 10.0. The van der Waals surface area contributed by atoms with Crippen molar-refractivity contribution in [3.05, 3.63) is 34.8 Å². The molecule has 14 nitrogen and oxygen atoms in total. The summed E-state index contributed by atoms with van der Waals surface area (Å²) in [7, 11) is 1.56. The van der Waals surface area contributed by atoms with Crippen LogP contribution in [0.2, 0.25) is 0 Å². The fourth-order valence-electron chi connectivity index (χ4n) is 6.00. The number of halogens is 1. The van der Waals surface area contributed by atoms with Crippen molar-refractivity contribution in [2.24, 2.45) is 5.92 Å². The van der Waals surface area contributed by atoms with Crippen molar-refractivity contribution in [3.8, 4) is 17.1 Å². The molecular weight excluding hydrogens is 662 g/mol. The van der Waals surface area contributed by atoms with Crippen LogP contribution in [0.25, 0.3) is 11.4 Å². The molecule has 2 fully saturated rings. The zero-order valence-electron chi connectivity index (χ0n) is 26.4. The maximum atomic E-state index is 14.2. The number of nitrogens with one attached hydrogen (secondary N) is 2. The van der Waals surface area contributed by atoms with Gasteiger partial charge in [-0.2, -0.15) is 4.80 Å². The number of fused-ring (bicyclic) bond motifs is 2. The lowest BCUT2D eigenvalue weighted by Gasteiger charge is -2.30. The second-order valence-electron chi connectivity index (χ2n) is 13.0. The van der Waals surface area contributed by atoms with E-state index in [1.807, 2.05) is 12.2 Å². The van der Waals surface area contributed by atoms with Gasteiger partial charge in [-0.3, -0.25) is 9.59 Å². The summed E-state index contributed by atoms with van der Waals surface area (Å²) in [6, 6.07) is 2.83. The smallest absolute Gasteiger partial charge is 0.408 e. The van der Waals surface area contributed by atoms with Crippen LogP contribution in [0.3, 0.4) is 0 Å². The molecule has 2 aromatic rings. The van der Waals surface area contributed by atoms with E-state index < -0.39 is 53.1 Å². The molecule has 2 aliphatic heterocycles. The third kappa shape index (κ3) is 7.34. The van der Waals surface area contributed by atoms with Gasteiger partial charge in [-0.1, -0.05) is 25.0 Å². The van der Waals surface area contributed by atoms with E-state index >= 15 is 0 Å². The van der Waals surface area contributed by atoms with Gasteiger partial charge in [0.25, 0.3) is 0 Å². The minimum atomic E-state index is -1.44. The van der Waals surface area contributed by atoms with E-state index in [0.717, 1.165) is 19.3 Å². The molecule has 0 bridgehead atoms. The van der Waals surface area contributed by atoms with Gasteiger partial charge in [0.2, 0.25) is 17.6 Å². The van der Waals surface area contributed by atoms with Gasteiger partial charge in [0.05, 0.1) is 17.6 Å². The minimum absolute atomic E-state index is 0.0505. The number of rotatable bonds is 5. The first-order valence-corrected chi connectivity index (χ1v) is 16.3. The van der Waals surface area contributed by atoms with E-state index in [2.05, 4.69) is 42.0 Å². The van der Waals surface area contributed by atoms with Gasteiger partial charge >= 0.3 is 12.1 Å². The molecule has 1 aromatic carbocycles. The number of aliphatic carboxylic acids is 1. The summed E-state index contributed by atoms with van der Waals surface area (Å²) in [6.07, 6.45) is 6.85. The van der Waals surface area contributed by atoms with E-state index in [4.69, 9.17) is 9.47 Å². The van der Waals surface area contributed by atoms with Gasteiger partial charge in [-0.15, -0.1) is 10.2 Å². The molecule has 46 heavy (non-hydrogen) atoms. The summed E-state index contributed by atoms with van der Waals surface area (Å²) in [5.74, 6) is -1.53. The van der Waals surface area contributed by atoms with Crippen LogP contribution in [0.15, 0.2) is 34.8 Å². The van der Waals surface area contributed by atoms with Crippen LogP contribution in [0.1, 0.15) is 71.8 Å². The standard InChI is InChI=1S/C31H40BrN7O7/c1-30(2,3)46-29(44)33-22-11-9-7-5-6-8-10-19-16-31(19,28(42)43)34-26(40)23-15-20(17-38(23)27(22)41)39-36-25(35-37-39)18-12-13-24(45-4)21(32)14-18/h8,10,12-14,19-20,22-23H,5-7,9,11,15-17H2,1-4H3,(H,33,44)(H,34,40)(H,42,43)/b10-8-/t19-,20+,22+,23+,31+/m1/s1. The van der Waals surface area contributed by atoms with E-state index in [1.165, 1.54) is 9.70 Å². The Morgan fingerprint density at radius 3 is 2.67 bits per heavy atom. The first-order valence-electron chi connectivity index (χ1n) is 15.5. The first kappa shape index (κ1) is 33.4. The molecule has 1 saturated carbocycles. The van der Waals surface area contributed by atoms with Crippen LogP contribution >= 0.6 is 15.9 Å². The molecule has 1 saturated heterocycles. The normalized spacial score (nSPS) is 27.7. The van der Waals surface area contributed by atoms with Crippen molar-refractivity contribution in [1.82, 2.24) is 35.7 Å². The Morgan fingerprint density at radius 1 is 1.20 bits per heavy atom. The summed E-state index contributed by atoms with van der Waals surface area (Å²) in [6.45, 7) is 5.25. The second kappa shape index (κ2) is 13.4. The lowest BCUT2D eigenvalue weighted by molar-refractivity contribution is -0.145. The molecule has 0 radical (unpaired) electrons. The maximum absolute atomic E-state index is 14.2. The first-order chi connectivity index (χ1) is 21.8. The number of hydrogen-bond donors (Lipinski definition) is 3. The summed E-state index contributed by atoms with van der Waals surface area (Å²) >= 11 is 3.46. The molecule has 1 aromatic heterocycles. The fourth-order valence-corrected chi connectivity index (χ4v) is 6.54. The van der Waals surface area contributed by atoms with Gasteiger partial charge in [0.15, 0.2) is 0 Å². The van der Waals surface area contributed by atoms with Crippen molar-refractivity contribution in [1.29, 1.82) is 0 Å². The number of tetrazole rings is 1. The zero-order valence-corrected chi connectivity index (χ0v) is 27.9. The largest absolute Gasteiger partial charge is 0.496 e. The van der Waals surface area contributed by atoms with E-state index in [0.29, 0.717) is 34.5 Å². The number of nitrogens with zero attached hydrogens (tertiary/aromatic N) is 5. The predicted octanol–water partition coefficient (Wildman–Crippen LogP) is 3.63. The number of allylic oxidation sites excluding steroid dienone is 1. The van der Waals surface area contributed by atoms with E-state index in [1.54, 1.807) is 46.1 Å². The molecule has 0 unspecified atom stereocenters. The molecule has 3 aliphatic rings. The number of carbonyl (C=O) groups excluding carboxylic acids is 3. The van der Waals surface area contributed by atoms with Crippen molar-refractivity contribution in [2.75, 3.05) is 13.7 Å². The Morgan fingerprint density at radius 2 is 1.98 bits per heavy atom. The van der Waals surface area contributed by atoms with Crippen LogP contribution in [-0.4, -0.2) is 91.0 Å². The van der Waals surface area contributed by atoms with Gasteiger partial charge in [-0.05, 0) is 85.8 Å². The number of carbonyl (C=O) groups is 4. The fraction of sp³-hybridized carbons (Fsp3) is 0.581. The number of methoxy groups -OCH3 is 1. The number of carboxylic acids is 1. The van der Waals surface area contributed by atoms with Crippen molar-refractivity contribution >= 4 is 39.8 Å². The number of amides is 3. The molecule has 15 heteroatoms. The second-order valence-corrected chi connectivity index (χ2v) is 13.9. The number of benzene rings is 1. The molecule has 3 amide bonds. The summed E-state index contributed by atoms with van der Waals surface area (Å²) in [4.78, 5) is 56.0. The Balaban J connectivity index is 1.44. The van der Waals surface area contributed by atoms with Crippen LogP contribution < -0.4 is 15.4 Å². The Labute approximate surface area is 275 Å². The number of ether oxygens (including phenoxy) is 2. The van der Waals surface area contributed by atoms with Crippen LogP contribution in [0, 0.1) is 5.92 Å². The Kier molecular flexibility index (Phi) is 9.70. The minimum Gasteiger partial charge on any atom is -0.496 e. The highest BCUT2D eigenvalue weighted by atomic mass is 79.9. The average molecular weight is 703 g/mol. The summed E-state index contributed by atoms with van der Waals surface area (Å²) in [5.41, 5.74) is -1.53. The molecule has 3 N–H and O–H groups in total. The highest BCUT2D eigenvalue weighted by Crippen LogP contribution is 2.45. The average Bonchev–Trinajstić information content (AvgIpc) is 3.31. The maximum Gasteiger partial charge on any atom is 0.408 e. The number of alkyl carbamates (subject to hydrolysis) is 1. The topological polar surface area (TPSA) is 178 Å². The van der Waals surface area contributed by atoms with Crippen LogP contribution in [0.4, 0.5) is 4.79 Å². The quantitative estimate of drug-likeness (QED) is 0.390. The highest BCUT2D eigenvalue weighted by molar-refractivity contribution is 9.10. The third-order valence-electron chi connectivity index (χ3n) is 8.49. The summed E-state index contributed by atoms with van der Waals surface area (Å²) < 4.78 is 11.5. The van der Waals surface area contributed by atoms with E-state index in [9.17, 15) is 24.3 Å². The number of hydrogen-bond acceptors (Lipinski definition) is 9. The monoisotopic (exact) mass is 701 g/mol. The molecule has 5 rings (SSSR count). The molecule has 5 atom stereocenters. The van der Waals surface area contributed by atoms with Crippen molar-refractivity contribution < 1.29 is 33.8 Å². The third-order valence-corrected chi connectivity index (χ3v) is 9.11. The molecule has 248 valence electrons. The highest BCUT2D eigenvalue weighted by Gasteiger charge is 2.61. The summed E-state index contributed by atoms with van der Waals surface area (Å²) in [5, 5.41) is 28.6. The van der Waals surface area contributed by atoms with Crippen LogP contribution in [0.5, 0.6) is 5.75 Å². The van der Waals surface area contributed by atoms with Gasteiger partial charge in [0.1, 0.15) is 29.0 Å². The number of carboxylic acid groups (broad SMARTS) is 1. The van der Waals surface area contributed by atoms with Gasteiger partial charge in [0, 0.05) is 24.4 Å². The Hall–Kier alpha value is -4.01.